The van der Waals surface area contributed by atoms with E-state index >= 15 is 0 Å². The van der Waals surface area contributed by atoms with Crippen LogP contribution in [0.3, 0.4) is 0 Å². The zero-order valence-electron chi connectivity index (χ0n) is 17.1. The van der Waals surface area contributed by atoms with Crippen molar-refractivity contribution >= 4 is 17.5 Å². The van der Waals surface area contributed by atoms with E-state index in [1.807, 2.05) is 30.4 Å². The maximum absolute atomic E-state index is 12.1. The number of allylic oxidation sites excluding steroid dienone is 5. The summed E-state index contributed by atoms with van der Waals surface area (Å²) in [7, 11) is 0. The summed E-state index contributed by atoms with van der Waals surface area (Å²) in [6, 6.07) is 0. The smallest absolute Gasteiger partial charge is 0.303 e. The van der Waals surface area contributed by atoms with Crippen LogP contribution in [0, 0.1) is 11.8 Å². The number of unbranched alkanes of at least 4 members (excludes halogenated alkanes) is 2. The van der Waals surface area contributed by atoms with E-state index < -0.39 is 5.97 Å². The number of carbonyl (C=O) groups is 3. The van der Waals surface area contributed by atoms with E-state index in [2.05, 4.69) is 11.7 Å². The normalized spacial score (nSPS) is 20.3. The van der Waals surface area contributed by atoms with Gasteiger partial charge in [-0.05, 0) is 38.2 Å². The van der Waals surface area contributed by atoms with Gasteiger partial charge in [0.2, 0.25) is 0 Å². The van der Waals surface area contributed by atoms with Crippen molar-refractivity contribution < 1.29 is 24.2 Å². The van der Waals surface area contributed by atoms with Gasteiger partial charge in [0.15, 0.2) is 11.6 Å². The van der Waals surface area contributed by atoms with E-state index in [0.717, 1.165) is 25.7 Å². The van der Waals surface area contributed by atoms with E-state index in [9.17, 15) is 19.5 Å². The minimum absolute atomic E-state index is 0.0779. The van der Waals surface area contributed by atoms with Crippen LogP contribution >= 0.6 is 0 Å². The maximum atomic E-state index is 12.1. The summed E-state index contributed by atoms with van der Waals surface area (Å²) in [6.07, 6.45) is 17.3. The highest BCUT2D eigenvalue weighted by Crippen LogP contribution is 2.27. The largest absolute Gasteiger partial charge is 0.458 e. The first kappa shape index (κ1) is 24.0. The third kappa shape index (κ3) is 10.4. The number of carbonyl (C=O) groups excluding carboxylic acids is 3. The lowest BCUT2D eigenvalue weighted by Gasteiger charge is -2.13. The molecule has 3 atom stereocenters. The van der Waals surface area contributed by atoms with Gasteiger partial charge in [0.25, 0.3) is 0 Å². The summed E-state index contributed by atoms with van der Waals surface area (Å²) >= 11 is 0. The van der Waals surface area contributed by atoms with Crippen molar-refractivity contribution in [3.63, 3.8) is 0 Å². The number of aliphatic hydroxyl groups excluding tert-OH is 1. The molecule has 0 radical (unpaired) electrons. The number of esters is 1. The topological polar surface area (TPSA) is 80.7 Å². The summed E-state index contributed by atoms with van der Waals surface area (Å²) in [4.78, 5) is 34.2. The molecular formula is C23H34O5. The molecule has 5 heteroatoms. The van der Waals surface area contributed by atoms with Crippen LogP contribution in [0.5, 0.6) is 0 Å². The molecular weight excluding hydrogens is 356 g/mol. The fourth-order valence-electron chi connectivity index (χ4n) is 3.11. The number of hydrogen-bond acceptors (Lipinski definition) is 5. The Kier molecular flexibility index (Phi) is 12.1. The summed E-state index contributed by atoms with van der Waals surface area (Å²) in [5, 5.41) is 9.90. The predicted molar refractivity (Wildman–Crippen MR) is 110 cm³/mol. The highest BCUT2D eigenvalue weighted by Gasteiger charge is 2.26. The monoisotopic (exact) mass is 390 g/mol. The molecule has 28 heavy (non-hydrogen) atoms. The fraction of sp³-hybridized carbons (Fsp3) is 0.609. The summed E-state index contributed by atoms with van der Waals surface area (Å²) in [5.74, 6) is -0.374. The first-order chi connectivity index (χ1) is 13.4. The first-order valence-corrected chi connectivity index (χ1v) is 10.3. The third-order valence-corrected chi connectivity index (χ3v) is 4.79. The van der Waals surface area contributed by atoms with Crippen molar-refractivity contribution in [3.05, 3.63) is 36.5 Å². The van der Waals surface area contributed by atoms with Crippen molar-refractivity contribution in [2.24, 2.45) is 11.8 Å². The molecule has 0 saturated heterocycles. The second-order valence-electron chi connectivity index (χ2n) is 7.32. The number of ether oxygens (including phenoxy) is 1. The Hall–Kier alpha value is -2.01. The van der Waals surface area contributed by atoms with Crippen molar-refractivity contribution in [2.45, 2.75) is 71.3 Å². The van der Waals surface area contributed by atoms with Crippen LogP contribution in [0.2, 0.25) is 0 Å². The van der Waals surface area contributed by atoms with Gasteiger partial charge in [0.1, 0.15) is 6.61 Å². The standard InChI is InChI=1S/C23H34O5/c1-3-4-11-20(25)13-9-10-19-15-16-23(27)22(19)14-8-6-5-7-12-21(26)17-28-18(2)24/h6,8-10,15-16,19-20,22,25H,3-5,7,11-14,17H2,1-2H3/t19-,20?,22+/m0/s1. The molecule has 0 spiro atoms. The van der Waals surface area contributed by atoms with Crippen molar-refractivity contribution in [2.75, 3.05) is 6.61 Å². The maximum Gasteiger partial charge on any atom is 0.303 e. The minimum Gasteiger partial charge on any atom is -0.458 e. The molecule has 0 saturated carbocycles. The molecule has 1 aliphatic carbocycles. The summed E-state index contributed by atoms with van der Waals surface area (Å²) in [6.45, 7) is 3.24. The van der Waals surface area contributed by atoms with Crippen LogP contribution in [-0.4, -0.2) is 35.4 Å². The molecule has 0 aromatic heterocycles. The van der Waals surface area contributed by atoms with Gasteiger partial charge >= 0.3 is 5.97 Å². The van der Waals surface area contributed by atoms with E-state index in [4.69, 9.17) is 0 Å². The fourth-order valence-corrected chi connectivity index (χ4v) is 3.11. The Morgan fingerprint density at radius 1 is 1.25 bits per heavy atom. The lowest BCUT2D eigenvalue weighted by molar-refractivity contribution is -0.145. The van der Waals surface area contributed by atoms with Crippen molar-refractivity contribution in [1.82, 2.24) is 0 Å². The molecule has 1 unspecified atom stereocenters. The lowest BCUT2D eigenvalue weighted by Crippen LogP contribution is -2.13. The van der Waals surface area contributed by atoms with Gasteiger partial charge < -0.3 is 9.84 Å². The van der Waals surface area contributed by atoms with Crippen LogP contribution in [-0.2, 0) is 19.1 Å². The van der Waals surface area contributed by atoms with E-state index in [0.29, 0.717) is 25.7 Å². The molecule has 0 amide bonds. The van der Waals surface area contributed by atoms with Crippen molar-refractivity contribution in [1.29, 1.82) is 0 Å². The predicted octanol–water partition coefficient (Wildman–Crippen LogP) is 4.10. The molecule has 1 N–H and O–H groups in total. The highest BCUT2D eigenvalue weighted by molar-refractivity contribution is 5.95. The van der Waals surface area contributed by atoms with E-state index in [1.54, 1.807) is 6.08 Å². The molecule has 0 aliphatic heterocycles. The molecule has 1 rings (SSSR count). The summed E-state index contributed by atoms with van der Waals surface area (Å²) in [5.41, 5.74) is 0. The van der Waals surface area contributed by atoms with Crippen LogP contribution in [0.15, 0.2) is 36.5 Å². The number of aliphatic hydroxyl groups is 1. The SMILES string of the molecule is CCCCC(O)CC=C[C@H]1C=CC(=O)[C@@H]1CC=CCCCC(=O)COC(C)=O. The third-order valence-electron chi connectivity index (χ3n) is 4.79. The Morgan fingerprint density at radius 2 is 2.04 bits per heavy atom. The average molecular weight is 391 g/mol. The van der Waals surface area contributed by atoms with E-state index in [-0.39, 0.29) is 36.1 Å². The molecule has 5 nitrogen and oxygen atoms in total. The second kappa shape index (κ2) is 14.1. The molecule has 0 aromatic carbocycles. The van der Waals surface area contributed by atoms with E-state index in [1.165, 1.54) is 6.92 Å². The Bertz CT molecular complexity index is 588. The molecule has 156 valence electrons. The van der Waals surface area contributed by atoms with Crippen LogP contribution < -0.4 is 0 Å². The van der Waals surface area contributed by atoms with Gasteiger partial charge in [-0.15, -0.1) is 0 Å². The molecule has 1 aliphatic rings. The molecule has 0 fully saturated rings. The highest BCUT2D eigenvalue weighted by atomic mass is 16.5. The first-order valence-electron chi connectivity index (χ1n) is 10.3. The van der Waals surface area contributed by atoms with Crippen LogP contribution in [0.25, 0.3) is 0 Å². The van der Waals surface area contributed by atoms with Gasteiger partial charge in [-0.1, -0.05) is 50.1 Å². The van der Waals surface area contributed by atoms with Gasteiger partial charge in [-0.3, -0.25) is 14.4 Å². The average Bonchev–Trinajstić information content (AvgIpc) is 3.01. The summed E-state index contributed by atoms with van der Waals surface area (Å²) < 4.78 is 4.67. The van der Waals surface area contributed by atoms with Crippen LogP contribution in [0.1, 0.15) is 65.2 Å². The second-order valence-corrected chi connectivity index (χ2v) is 7.32. The van der Waals surface area contributed by atoms with Gasteiger partial charge in [0, 0.05) is 25.2 Å². The van der Waals surface area contributed by atoms with Crippen LogP contribution in [0.4, 0.5) is 0 Å². The molecule has 0 aromatic rings. The van der Waals surface area contributed by atoms with Gasteiger partial charge in [-0.2, -0.15) is 0 Å². The number of ketones is 2. The quantitative estimate of drug-likeness (QED) is 0.274. The zero-order valence-corrected chi connectivity index (χ0v) is 17.1. The number of rotatable bonds is 14. The number of hydrogen-bond donors (Lipinski definition) is 1. The number of Topliss-reactive ketones (excluding diaryl/α,β-unsaturated/α-hetero) is 1. The lowest BCUT2D eigenvalue weighted by atomic mass is 9.90. The Morgan fingerprint density at radius 3 is 2.75 bits per heavy atom. The van der Waals surface area contributed by atoms with Crippen molar-refractivity contribution in [3.8, 4) is 0 Å². The zero-order chi connectivity index (χ0) is 20.8. The molecule has 0 bridgehead atoms. The minimum atomic E-state index is -0.442. The van der Waals surface area contributed by atoms with Gasteiger partial charge in [0.05, 0.1) is 6.10 Å². The van der Waals surface area contributed by atoms with Gasteiger partial charge in [-0.25, -0.2) is 0 Å². The Balaban J connectivity index is 2.29. The molecule has 0 heterocycles. The Labute approximate surface area is 168 Å².